The van der Waals surface area contributed by atoms with Gasteiger partial charge in [-0.25, -0.2) is 0 Å². The lowest BCUT2D eigenvalue weighted by atomic mass is 9.82. The van der Waals surface area contributed by atoms with E-state index in [-0.39, 0.29) is 5.41 Å². The van der Waals surface area contributed by atoms with E-state index in [0.717, 1.165) is 12.7 Å². The van der Waals surface area contributed by atoms with Crippen molar-refractivity contribution >= 4 is 10.1 Å². The van der Waals surface area contributed by atoms with Crippen molar-refractivity contribution < 1.29 is 12.6 Å². The molecule has 0 aliphatic heterocycles. The molecular weight excluding hydrogens is 224 g/mol. The van der Waals surface area contributed by atoms with Crippen LogP contribution in [-0.4, -0.2) is 14.7 Å². The van der Waals surface area contributed by atoms with Gasteiger partial charge >= 0.3 is 10.1 Å². The molecule has 0 saturated heterocycles. The third-order valence-corrected chi connectivity index (χ3v) is 3.26. The van der Waals surface area contributed by atoms with Crippen LogP contribution in [0.2, 0.25) is 0 Å². The van der Waals surface area contributed by atoms with Crippen LogP contribution in [0.25, 0.3) is 0 Å². The summed E-state index contributed by atoms with van der Waals surface area (Å²) in [5.74, 6) is 0.359. The SMILES string of the molecule is CCC(C)(C)c1ccc(OS(C)(=O)=O)cc1. The van der Waals surface area contributed by atoms with Gasteiger partial charge in [0.2, 0.25) is 0 Å². The summed E-state index contributed by atoms with van der Waals surface area (Å²) in [6.45, 7) is 6.43. The zero-order valence-electron chi connectivity index (χ0n) is 10.1. The smallest absolute Gasteiger partial charge is 0.306 e. The van der Waals surface area contributed by atoms with Crippen molar-refractivity contribution in [2.24, 2.45) is 0 Å². The van der Waals surface area contributed by atoms with E-state index < -0.39 is 10.1 Å². The van der Waals surface area contributed by atoms with Crippen molar-refractivity contribution in [1.82, 2.24) is 0 Å². The molecule has 1 rings (SSSR count). The van der Waals surface area contributed by atoms with E-state index in [1.165, 1.54) is 5.56 Å². The van der Waals surface area contributed by atoms with Crippen LogP contribution in [0.4, 0.5) is 0 Å². The van der Waals surface area contributed by atoms with Gasteiger partial charge in [-0.1, -0.05) is 32.9 Å². The summed E-state index contributed by atoms with van der Waals surface area (Å²) >= 11 is 0. The molecule has 0 amide bonds. The summed E-state index contributed by atoms with van der Waals surface area (Å²) in [6.07, 6.45) is 2.07. The highest BCUT2D eigenvalue weighted by molar-refractivity contribution is 7.86. The average molecular weight is 242 g/mol. The molecule has 0 spiro atoms. The molecule has 90 valence electrons. The minimum atomic E-state index is -3.43. The molecule has 1 aromatic carbocycles. The van der Waals surface area contributed by atoms with Gasteiger partial charge in [0.25, 0.3) is 0 Å². The topological polar surface area (TPSA) is 43.4 Å². The normalized spacial score (nSPS) is 12.5. The number of benzene rings is 1. The quantitative estimate of drug-likeness (QED) is 0.762. The Labute approximate surface area is 97.6 Å². The van der Waals surface area contributed by atoms with Gasteiger partial charge in [0.1, 0.15) is 5.75 Å². The Hall–Kier alpha value is -1.03. The summed E-state index contributed by atoms with van der Waals surface area (Å²) < 4.78 is 26.6. The maximum atomic E-state index is 10.9. The fraction of sp³-hybridized carbons (Fsp3) is 0.500. The Morgan fingerprint density at radius 3 is 2.06 bits per heavy atom. The predicted octanol–water partition coefficient (Wildman–Crippen LogP) is 2.71. The van der Waals surface area contributed by atoms with Gasteiger partial charge in [-0.15, -0.1) is 0 Å². The third kappa shape index (κ3) is 3.52. The van der Waals surface area contributed by atoms with Crippen LogP contribution in [-0.2, 0) is 15.5 Å². The molecule has 0 bridgehead atoms. The first kappa shape index (κ1) is 13.0. The maximum absolute atomic E-state index is 10.9. The van der Waals surface area contributed by atoms with Crippen molar-refractivity contribution in [3.8, 4) is 5.75 Å². The van der Waals surface area contributed by atoms with Gasteiger partial charge in [0, 0.05) is 0 Å². The predicted molar refractivity (Wildman–Crippen MR) is 65.2 cm³/mol. The minimum absolute atomic E-state index is 0.101. The second kappa shape index (κ2) is 4.45. The van der Waals surface area contributed by atoms with Crippen LogP contribution < -0.4 is 4.18 Å². The first-order valence-corrected chi connectivity index (χ1v) is 7.06. The van der Waals surface area contributed by atoms with Crippen LogP contribution in [0.1, 0.15) is 32.8 Å². The van der Waals surface area contributed by atoms with E-state index in [2.05, 4.69) is 20.8 Å². The highest BCUT2D eigenvalue weighted by Crippen LogP contribution is 2.28. The van der Waals surface area contributed by atoms with Crippen LogP contribution >= 0.6 is 0 Å². The zero-order valence-corrected chi connectivity index (χ0v) is 11.0. The van der Waals surface area contributed by atoms with E-state index in [1.807, 2.05) is 12.1 Å². The van der Waals surface area contributed by atoms with Gasteiger partial charge in [-0.05, 0) is 29.5 Å². The van der Waals surface area contributed by atoms with Crippen LogP contribution in [0, 0.1) is 0 Å². The lowest BCUT2D eigenvalue weighted by Crippen LogP contribution is -2.15. The lowest BCUT2D eigenvalue weighted by Gasteiger charge is -2.23. The molecule has 16 heavy (non-hydrogen) atoms. The number of hydrogen-bond donors (Lipinski definition) is 0. The highest BCUT2D eigenvalue weighted by Gasteiger charge is 2.17. The Morgan fingerprint density at radius 2 is 1.69 bits per heavy atom. The summed E-state index contributed by atoms with van der Waals surface area (Å²) in [7, 11) is -3.43. The lowest BCUT2D eigenvalue weighted by molar-refractivity contribution is 0.489. The largest absolute Gasteiger partial charge is 0.383 e. The molecule has 0 fully saturated rings. The van der Waals surface area contributed by atoms with Gasteiger partial charge in [-0.2, -0.15) is 8.42 Å². The summed E-state index contributed by atoms with van der Waals surface area (Å²) in [5, 5.41) is 0. The second-order valence-electron chi connectivity index (χ2n) is 4.55. The molecule has 1 aromatic rings. The Bertz CT molecular complexity index is 444. The van der Waals surface area contributed by atoms with Gasteiger partial charge in [0.05, 0.1) is 6.26 Å². The molecule has 0 N–H and O–H groups in total. The van der Waals surface area contributed by atoms with Crippen molar-refractivity contribution in [1.29, 1.82) is 0 Å². The molecule has 0 aliphatic rings. The van der Waals surface area contributed by atoms with E-state index >= 15 is 0 Å². The zero-order chi connectivity index (χ0) is 12.4. The summed E-state index contributed by atoms with van der Waals surface area (Å²) in [4.78, 5) is 0. The fourth-order valence-corrected chi connectivity index (χ4v) is 1.80. The standard InChI is InChI=1S/C12H18O3S/c1-5-12(2,3)10-6-8-11(9-7-10)15-16(4,13)14/h6-9H,5H2,1-4H3. The first-order valence-electron chi connectivity index (χ1n) is 5.24. The fourth-order valence-electron chi connectivity index (χ4n) is 1.34. The maximum Gasteiger partial charge on any atom is 0.306 e. The highest BCUT2D eigenvalue weighted by atomic mass is 32.2. The van der Waals surface area contributed by atoms with Gasteiger partial charge in [0.15, 0.2) is 0 Å². The molecule has 0 aromatic heterocycles. The van der Waals surface area contributed by atoms with Crippen LogP contribution in [0.5, 0.6) is 5.75 Å². The monoisotopic (exact) mass is 242 g/mol. The van der Waals surface area contributed by atoms with Crippen molar-refractivity contribution in [3.05, 3.63) is 29.8 Å². The number of rotatable bonds is 4. The van der Waals surface area contributed by atoms with Gasteiger partial charge in [-0.3, -0.25) is 0 Å². The molecular formula is C12H18O3S. The molecule has 0 heterocycles. The summed E-state index contributed by atoms with van der Waals surface area (Å²) in [6, 6.07) is 7.19. The van der Waals surface area contributed by atoms with Crippen molar-refractivity contribution in [2.45, 2.75) is 32.6 Å². The van der Waals surface area contributed by atoms with Crippen LogP contribution in [0.15, 0.2) is 24.3 Å². The molecule has 0 aliphatic carbocycles. The third-order valence-electron chi connectivity index (χ3n) is 2.77. The Morgan fingerprint density at radius 1 is 1.19 bits per heavy atom. The van der Waals surface area contributed by atoms with E-state index in [4.69, 9.17) is 4.18 Å². The molecule has 0 atom stereocenters. The Kier molecular flexibility index (Phi) is 3.63. The molecule has 4 heteroatoms. The second-order valence-corrected chi connectivity index (χ2v) is 6.12. The van der Waals surface area contributed by atoms with Gasteiger partial charge < -0.3 is 4.18 Å². The number of hydrogen-bond acceptors (Lipinski definition) is 3. The summed E-state index contributed by atoms with van der Waals surface area (Å²) in [5.41, 5.74) is 1.28. The average Bonchev–Trinajstić information content (AvgIpc) is 2.16. The van der Waals surface area contributed by atoms with E-state index in [1.54, 1.807) is 12.1 Å². The molecule has 0 unspecified atom stereocenters. The van der Waals surface area contributed by atoms with E-state index in [9.17, 15) is 8.42 Å². The Balaban J connectivity index is 2.92. The van der Waals surface area contributed by atoms with E-state index in [0.29, 0.717) is 5.75 Å². The van der Waals surface area contributed by atoms with Crippen molar-refractivity contribution in [3.63, 3.8) is 0 Å². The molecule has 0 radical (unpaired) electrons. The molecule has 0 saturated carbocycles. The minimum Gasteiger partial charge on any atom is -0.383 e. The van der Waals surface area contributed by atoms with Crippen LogP contribution in [0.3, 0.4) is 0 Å². The molecule has 3 nitrogen and oxygen atoms in total. The van der Waals surface area contributed by atoms with Crippen molar-refractivity contribution in [2.75, 3.05) is 6.26 Å². The first-order chi connectivity index (χ1) is 7.24.